The zero-order valence-electron chi connectivity index (χ0n) is 11.8. The number of rotatable bonds is 3. The summed E-state index contributed by atoms with van der Waals surface area (Å²) in [5.41, 5.74) is 2.44. The zero-order valence-corrected chi connectivity index (χ0v) is 11.8. The third-order valence-corrected chi connectivity index (χ3v) is 4.56. The van der Waals surface area contributed by atoms with Gasteiger partial charge in [0.05, 0.1) is 0 Å². The van der Waals surface area contributed by atoms with E-state index in [9.17, 15) is 9.59 Å². The predicted molar refractivity (Wildman–Crippen MR) is 78.0 cm³/mol. The van der Waals surface area contributed by atoms with Crippen LogP contribution >= 0.6 is 0 Å². The maximum absolute atomic E-state index is 12.4. The lowest BCUT2D eigenvalue weighted by Gasteiger charge is -2.21. The molecule has 1 amide bonds. The molecule has 1 aromatic carbocycles. The van der Waals surface area contributed by atoms with E-state index in [0.29, 0.717) is 30.0 Å². The smallest absolute Gasteiger partial charge is 0.251 e. The Morgan fingerprint density at radius 2 is 2.00 bits per heavy atom. The van der Waals surface area contributed by atoms with Crippen molar-refractivity contribution >= 4 is 11.7 Å². The maximum atomic E-state index is 12.4. The van der Waals surface area contributed by atoms with Crippen LogP contribution in [0.5, 0.6) is 0 Å². The average molecular weight is 271 g/mol. The average Bonchev–Trinajstić information content (AvgIpc) is 2.48. The van der Waals surface area contributed by atoms with Crippen LogP contribution in [0.4, 0.5) is 0 Å². The van der Waals surface area contributed by atoms with Crippen molar-refractivity contribution in [3.8, 4) is 0 Å². The number of ketones is 1. The molecule has 0 atom stereocenters. The van der Waals surface area contributed by atoms with Gasteiger partial charge in [-0.25, -0.2) is 0 Å². The van der Waals surface area contributed by atoms with Gasteiger partial charge in [-0.3, -0.25) is 9.59 Å². The SMILES string of the molecule is O=C(CC1CCCCC1)c1ccc2c(c1)C(=O)NCC2. The van der Waals surface area contributed by atoms with Crippen molar-refractivity contribution in [1.29, 1.82) is 0 Å². The molecule has 0 saturated heterocycles. The van der Waals surface area contributed by atoms with E-state index < -0.39 is 0 Å². The second-order valence-corrected chi connectivity index (χ2v) is 6.01. The minimum absolute atomic E-state index is 0.0430. The summed E-state index contributed by atoms with van der Waals surface area (Å²) in [6.07, 6.45) is 7.67. The van der Waals surface area contributed by atoms with Crippen LogP contribution < -0.4 is 5.32 Å². The minimum Gasteiger partial charge on any atom is -0.352 e. The molecule has 1 aliphatic heterocycles. The highest BCUT2D eigenvalue weighted by Gasteiger charge is 2.21. The molecule has 2 aliphatic rings. The second-order valence-electron chi connectivity index (χ2n) is 6.01. The van der Waals surface area contributed by atoms with Crippen LogP contribution in [0.3, 0.4) is 0 Å². The van der Waals surface area contributed by atoms with Gasteiger partial charge in [-0.05, 0) is 24.0 Å². The monoisotopic (exact) mass is 271 g/mol. The Bertz CT molecular complexity index is 530. The van der Waals surface area contributed by atoms with Crippen molar-refractivity contribution in [2.45, 2.75) is 44.9 Å². The molecule has 1 heterocycles. The molecule has 0 bridgehead atoms. The molecule has 1 fully saturated rings. The fourth-order valence-electron chi connectivity index (χ4n) is 3.36. The highest BCUT2D eigenvalue weighted by Crippen LogP contribution is 2.28. The van der Waals surface area contributed by atoms with Crippen molar-refractivity contribution in [3.05, 3.63) is 34.9 Å². The first-order valence-corrected chi connectivity index (χ1v) is 7.68. The molecule has 3 heteroatoms. The summed E-state index contributed by atoms with van der Waals surface area (Å²) in [6, 6.07) is 5.62. The maximum Gasteiger partial charge on any atom is 0.251 e. The molecule has 0 radical (unpaired) electrons. The summed E-state index contributed by atoms with van der Waals surface area (Å²) in [6.45, 7) is 0.696. The van der Waals surface area contributed by atoms with Gasteiger partial charge in [0.2, 0.25) is 0 Å². The van der Waals surface area contributed by atoms with E-state index in [1.165, 1.54) is 32.1 Å². The topological polar surface area (TPSA) is 46.2 Å². The van der Waals surface area contributed by atoms with E-state index in [2.05, 4.69) is 5.32 Å². The molecular weight excluding hydrogens is 250 g/mol. The summed E-state index contributed by atoms with van der Waals surface area (Å²) >= 11 is 0. The lowest BCUT2D eigenvalue weighted by Crippen LogP contribution is -2.32. The summed E-state index contributed by atoms with van der Waals surface area (Å²) in [7, 11) is 0. The molecule has 1 saturated carbocycles. The van der Waals surface area contributed by atoms with E-state index >= 15 is 0 Å². The Morgan fingerprint density at radius 3 is 2.80 bits per heavy atom. The highest BCUT2D eigenvalue weighted by molar-refractivity contribution is 6.02. The standard InChI is InChI=1S/C17H21NO2/c19-16(10-12-4-2-1-3-5-12)14-7-6-13-8-9-18-17(20)15(13)11-14/h6-7,11-12H,1-5,8-10H2,(H,18,20). The number of carbonyl (C=O) groups is 2. The van der Waals surface area contributed by atoms with Gasteiger partial charge >= 0.3 is 0 Å². The third-order valence-electron chi connectivity index (χ3n) is 4.56. The van der Waals surface area contributed by atoms with Crippen LogP contribution in [0.15, 0.2) is 18.2 Å². The zero-order chi connectivity index (χ0) is 13.9. The van der Waals surface area contributed by atoms with Gasteiger partial charge in [0.1, 0.15) is 0 Å². The van der Waals surface area contributed by atoms with Gasteiger partial charge < -0.3 is 5.32 Å². The van der Waals surface area contributed by atoms with Crippen LogP contribution in [0.25, 0.3) is 0 Å². The number of nitrogens with one attached hydrogen (secondary N) is 1. The Morgan fingerprint density at radius 1 is 1.20 bits per heavy atom. The largest absolute Gasteiger partial charge is 0.352 e. The van der Waals surface area contributed by atoms with Crippen molar-refractivity contribution in [1.82, 2.24) is 5.32 Å². The number of hydrogen-bond acceptors (Lipinski definition) is 2. The Hall–Kier alpha value is -1.64. The number of benzene rings is 1. The lowest BCUT2D eigenvalue weighted by atomic mass is 9.84. The van der Waals surface area contributed by atoms with Gasteiger partial charge in [0.15, 0.2) is 5.78 Å². The molecule has 106 valence electrons. The second kappa shape index (κ2) is 5.78. The molecule has 1 aromatic rings. The van der Waals surface area contributed by atoms with Crippen molar-refractivity contribution < 1.29 is 9.59 Å². The van der Waals surface area contributed by atoms with Crippen LogP contribution in [0, 0.1) is 5.92 Å². The van der Waals surface area contributed by atoms with Crippen LogP contribution in [-0.2, 0) is 6.42 Å². The predicted octanol–water partition coefficient (Wildman–Crippen LogP) is 3.13. The van der Waals surface area contributed by atoms with E-state index in [1.54, 1.807) is 6.07 Å². The lowest BCUT2D eigenvalue weighted by molar-refractivity contribution is 0.0946. The molecule has 3 rings (SSSR count). The van der Waals surface area contributed by atoms with Crippen LogP contribution in [0.1, 0.15) is 64.8 Å². The molecule has 1 N–H and O–H groups in total. The molecule has 1 aliphatic carbocycles. The summed E-state index contributed by atoms with van der Waals surface area (Å²) in [5, 5.41) is 2.84. The highest BCUT2D eigenvalue weighted by atomic mass is 16.1. The minimum atomic E-state index is -0.0430. The first-order valence-electron chi connectivity index (χ1n) is 7.68. The Kier molecular flexibility index (Phi) is 3.86. The van der Waals surface area contributed by atoms with E-state index in [4.69, 9.17) is 0 Å². The quantitative estimate of drug-likeness (QED) is 0.858. The van der Waals surface area contributed by atoms with Crippen molar-refractivity contribution in [2.24, 2.45) is 5.92 Å². The normalized spacial score (nSPS) is 19.3. The number of amides is 1. The summed E-state index contributed by atoms with van der Waals surface area (Å²) in [5.74, 6) is 0.692. The fourth-order valence-corrected chi connectivity index (χ4v) is 3.36. The molecule has 20 heavy (non-hydrogen) atoms. The number of Topliss-reactive ketones (excluding diaryl/α,β-unsaturated/α-hetero) is 1. The van der Waals surface area contributed by atoms with E-state index in [0.717, 1.165) is 12.0 Å². The first kappa shape index (κ1) is 13.3. The van der Waals surface area contributed by atoms with Crippen molar-refractivity contribution in [2.75, 3.05) is 6.54 Å². The number of fused-ring (bicyclic) bond motifs is 1. The van der Waals surface area contributed by atoms with E-state index in [-0.39, 0.29) is 11.7 Å². The van der Waals surface area contributed by atoms with E-state index in [1.807, 2.05) is 12.1 Å². The van der Waals surface area contributed by atoms with Crippen molar-refractivity contribution in [3.63, 3.8) is 0 Å². The van der Waals surface area contributed by atoms with Crippen LogP contribution in [-0.4, -0.2) is 18.2 Å². The van der Waals surface area contributed by atoms with Gasteiger partial charge in [-0.15, -0.1) is 0 Å². The summed E-state index contributed by atoms with van der Waals surface area (Å²) in [4.78, 5) is 24.2. The van der Waals surface area contributed by atoms with Gasteiger partial charge in [0.25, 0.3) is 5.91 Å². The van der Waals surface area contributed by atoms with Gasteiger partial charge in [-0.2, -0.15) is 0 Å². The number of carbonyl (C=O) groups excluding carboxylic acids is 2. The van der Waals surface area contributed by atoms with Gasteiger partial charge in [-0.1, -0.05) is 44.2 Å². The Balaban J connectivity index is 1.74. The molecule has 0 aromatic heterocycles. The Labute approximate surface area is 119 Å². The molecular formula is C17H21NO2. The van der Waals surface area contributed by atoms with Gasteiger partial charge in [0, 0.05) is 24.1 Å². The summed E-state index contributed by atoms with van der Waals surface area (Å²) < 4.78 is 0. The molecule has 0 spiro atoms. The number of hydrogen-bond donors (Lipinski definition) is 1. The third kappa shape index (κ3) is 2.77. The fraction of sp³-hybridized carbons (Fsp3) is 0.529. The van der Waals surface area contributed by atoms with Crippen LogP contribution in [0.2, 0.25) is 0 Å². The first-order chi connectivity index (χ1) is 9.74. The molecule has 3 nitrogen and oxygen atoms in total. The molecule has 0 unspecified atom stereocenters.